The van der Waals surface area contributed by atoms with E-state index >= 15 is 0 Å². The molecule has 0 aliphatic rings. The second kappa shape index (κ2) is 7.28. The summed E-state index contributed by atoms with van der Waals surface area (Å²) in [6.45, 7) is -0.433. The number of hydrogen-bond donors (Lipinski definition) is 0. The van der Waals surface area contributed by atoms with Gasteiger partial charge in [-0.2, -0.15) is 0 Å². The highest BCUT2D eigenvalue weighted by Crippen LogP contribution is 2.29. The van der Waals surface area contributed by atoms with Gasteiger partial charge in [-0.05, 0) is 29.1 Å². The summed E-state index contributed by atoms with van der Waals surface area (Å²) in [6, 6.07) is 15.8. The number of nitrogens with zero attached hydrogens (tertiary/aromatic N) is 1. The van der Waals surface area contributed by atoms with Crippen molar-refractivity contribution in [2.24, 2.45) is 0 Å². The van der Waals surface area contributed by atoms with Crippen molar-refractivity contribution in [2.45, 2.75) is 15.6 Å². The molecule has 0 N–H and O–H groups in total. The second-order valence-electron chi connectivity index (χ2n) is 5.29. The van der Waals surface area contributed by atoms with Gasteiger partial charge in [-0.25, -0.2) is 21.2 Å². The zero-order valence-electron chi connectivity index (χ0n) is 13.3. The van der Waals surface area contributed by atoms with Gasteiger partial charge >= 0.3 is 0 Å². The number of halogens is 1. The van der Waals surface area contributed by atoms with E-state index in [2.05, 4.69) is 0 Å². The van der Waals surface area contributed by atoms with Crippen molar-refractivity contribution in [3.8, 4) is 0 Å². The first kappa shape index (κ1) is 18.7. The van der Waals surface area contributed by atoms with Gasteiger partial charge in [-0.3, -0.25) is 0 Å². The number of hydrogen-bond acceptors (Lipinski definition) is 5. The van der Waals surface area contributed by atoms with E-state index in [1.54, 1.807) is 30.3 Å². The van der Waals surface area contributed by atoms with Crippen molar-refractivity contribution < 1.29 is 21.2 Å². The molecule has 136 valence electrons. The molecule has 0 aliphatic heterocycles. The molecule has 0 radical (unpaired) electrons. The summed E-state index contributed by atoms with van der Waals surface area (Å²) in [6.07, 6.45) is 0. The van der Waals surface area contributed by atoms with E-state index in [9.17, 15) is 21.2 Å². The lowest BCUT2D eigenvalue weighted by Gasteiger charge is -2.21. The first-order valence-corrected chi connectivity index (χ1v) is 11.2. The Morgan fingerprint density at radius 1 is 0.808 bits per heavy atom. The van der Waals surface area contributed by atoms with E-state index in [1.807, 2.05) is 0 Å². The Bertz CT molecular complexity index is 1100. The fourth-order valence-corrected chi connectivity index (χ4v) is 7.21. The molecule has 0 saturated carbocycles. The van der Waals surface area contributed by atoms with Gasteiger partial charge in [-0.1, -0.05) is 52.2 Å². The molecule has 2 aromatic carbocycles. The van der Waals surface area contributed by atoms with Crippen molar-refractivity contribution in [1.82, 2.24) is 3.71 Å². The molecule has 1 aromatic heterocycles. The molecule has 0 aliphatic carbocycles. The monoisotopic (exact) mass is 411 g/mol. The molecule has 0 amide bonds. The molecule has 0 bridgehead atoms. The van der Waals surface area contributed by atoms with Gasteiger partial charge in [0.2, 0.25) is 0 Å². The lowest BCUT2D eigenvalue weighted by Crippen LogP contribution is -2.36. The minimum absolute atomic E-state index is 0.131. The fraction of sp³-hybridized carbons (Fsp3) is 0.0588. The predicted molar refractivity (Wildman–Crippen MR) is 97.1 cm³/mol. The molecule has 9 heteroatoms. The maximum atomic E-state index is 14.1. The van der Waals surface area contributed by atoms with E-state index < -0.39 is 37.3 Å². The summed E-state index contributed by atoms with van der Waals surface area (Å²) in [7, 11) is -9.02. The van der Waals surface area contributed by atoms with Gasteiger partial charge < -0.3 is 0 Å². The van der Waals surface area contributed by atoms with Crippen LogP contribution in [-0.2, 0) is 26.6 Å². The Balaban J connectivity index is 2.17. The molecule has 0 spiro atoms. The lowest BCUT2D eigenvalue weighted by atomic mass is 10.2. The third-order valence-corrected chi connectivity index (χ3v) is 9.18. The third-order valence-electron chi connectivity index (χ3n) is 3.55. The number of sulfonamides is 2. The highest BCUT2D eigenvalue weighted by molar-refractivity contribution is 8.04. The Labute approximate surface area is 155 Å². The average molecular weight is 412 g/mol. The van der Waals surface area contributed by atoms with Crippen molar-refractivity contribution in [3.05, 3.63) is 83.5 Å². The first-order chi connectivity index (χ1) is 12.3. The van der Waals surface area contributed by atoms with Crippen LogP contribution in [0.25, 0.3) is 0 Å². The lowest BCUT2D eigenvalue weighted by molar-refractivity contribution is 0.489. The van der Waals surface area contributed by atoms with Gasteiger partial charge in [0, 0.05) is 0 Å². The first-order valence-electron chi connectivity index (χ1n) is 7.43. The summed E-state index contributed by atoms with van der Waals surface area (Å²) >= 11 is 0.896. The van der Waals surface area contributed by atoms with E-state index in [0.717, 1.165) is 23.5 Å². The topological polar surface area (TPSA) is 71.5 Å². The SMILES string of the molecule is O=S(=O)(c1cccs1)N(Cc1ccccc1)S(=O)(=O)c1ccccc1F. The molecular weight excluding hydrogens is 397 g/mol. The van der Waals surface area contributed by atoms with Crippen LogP contribution >= 0.6 is 11.3 Å². The van der Waals surface area contributed by atoms with E-state index in [-0.39, 0.29) is 4.21 Å². The highest BCUT2D eigenvalue weighted by atomic mass is 32.3. The maximum Gasteiger partial charge on any atom is 0.266 e. The van der Waals surface area contributed by atoms with E-state index in [4.69, 9.17) is 0 Å². The van der Waals surface area contributed by atoms with Crippen molar-refractivity contribution >= 4 is 31.4 Å². The number of thiophene rings is 1. The average Bonchev–Trinajstić information content (AvgIpc) is 3.16. The molecular formula is C17H14FNO4S3. The molecule has 5 nitrogen and oxygen atoms in total. The standard InChI is InChI=1S/C17H14FNO4S3/c18-15-9-4-5-10-16(15)25(20,21)19(13-14-7-2-1-3-8-14)26(22,23)17-11-6-12-24-17/h1-12H,13H2. The maximum absolute atomic E-state index is 14.1. The normalized spacial score (nSPS) is 12.4. The van der Waals surface area contributed by atoms with Crippen LogP contribution in [0.4, 0.5) is 4.39 Å². The molecule has 0 unspecified atom stereocenters. The quantitative estimate of drug-likeness (QED) is 0.623. The number of rotatable bonds is 6. The minimum atomic E-state index is -4.64. The van der Waals surface area contributed by atoms with Gasteiger partial charge in [0.25, 0.3) is 20.0 Å². The Hall–Kier alpha value is -2.07. The molecule has 0 atom stereocenters. The minimum Gasteiger partial charge on any atom is -0.206 e. The molecule has 0 saturated heterocycles. The van der Waals surface area contributed by atoms with Crippen LogP contribution in [0.3, 0.4) is 0 Å². The molecule has 3 rings (SSSR count). The zero-order chi connectivity index (χ0) is 18.8. The fourth-order valence-electron chi connectivity index (χ4n) is 2.31. The second-order valence-corrected chi connectivity index (χ2v) is 10.4. The van der Waals surface area contributed by atoms with Crippen LogP contribution in [-0.4, -0.2) is 20.5 Å². The van der Waals surface area contributed by atoms with Crippen LogP contribution in [0.1, 0.15) is 5.56 Å². The van der Waals surface area contributed by atoms with Gasteiger partial charge in [0.05, 0.1) is 6.54 Å². The van der Waals surface area contributed by atoms with Gasteiger partial charge in [0.1, 0.15) is 14.9 Å². The number of benzene rings is 2. The summed E-state index contributed by atoms with van der Waals surface area (Å²) < 4.78 is 66.3. The largest absolute Gasteiger partial charge is 0.266 e. The molecule has 1 heterocycles. The van der Waals surface area contributed by atoms with E-state index in [0.29, 0.717) is 9.27 Å². The van der Waals surface area contributed by atoms with Crippen LogP contribution in [0.2, 0.25) is 0 Å². The zero-order valence-corrected chi connectivity index (χ0v) is 15.8. The summed E-state index contributed by atoms with van der Waals surface area (Å²) in [5.41, 5.74) is 0.465. The van der Waals surface area contributed by atoms with Crippen LogP contribution < -0.4 is 0 Å². The predicted octanol–water partition coefficient (Wildman–Crippen LogP) is 3.47. The Morgan fingerprint density at radius 3 is 2.08 bits per heavy atom. The van der Waals surface area contributed by atoms with Crippen LogP contribution in [0.5, 0.6) is 0 Å². The Morgan fingerprint density at radius 2 is 1.46 bits per heavy atom. The van der Waals surface area contributed by atoms with Gasteiger partial charge in [0.15, 0.2) is 0 Å². The summed E-state index contributed by atoms with van der Waals surface area (Å²) in [4.78, 5) is -0.684. The van der Waals surface area contributed by atoms with Crippen LogP contribution in [0.15, 0.2) is 81.2 Å². The smallest absolute Gasteiger partial charge is 0.206 e. The van der Waals surface area contributed by atoms with Crippen LogP contribution in [0, 0.1) is 5.82 Å². The van der Waals surface area contributed by atoms with Crippen molar-refractivity contribution in [2.75, 3.05) is 0 Å². The summed E-state index contributed by atoms with van der Waals surface area (Å²) in [5.74, 6) is -1.01. The summed E-state index contributed by atoms with van der Waals surface area (Å²) in [5, 5.41) is 1.53. The Kier molecular flexibility index (Phi) is 5.24. The molecule has 26 heavy (non-hydrogen) atoms. The van der Waals surface area contributed by atoms with Gasteiger partial charge in [-0.15, -0.1) is 11.3 Å². The highest BCUT2D eigenvalue weighted by Gasteiger charge is 2.38. The van der Waals surface area contributed by atoms with E-state index in [1.165, 1.54) is 29.6 Å². The third kappa shape index (κ3) is 3.56. The molecule has 0 fully saturated rings. The molecule has 3 aromatic rings. The van der Waals surface area contributed by atoms with Crippen molar-refractivity contribution in [1.29, 1.82) is 0 Å². The van der Waals surface area contributed by atoms with Crippen molar-refractivity contribution in [3.63, 3.8) is 0 Å².